The predicted molar refractivity (Wildman–Crippen MR) is 142 cm³/mol. The van der Waals surface area contributed by atoms with Crippen LogP contribution in [0, 0.1) is 17.8 Å². The summed E-state index contributed by atoms with van der Waals surface area (Å²) in [6.45, 7) is 6.01. The number of hydrogen-bond acceptors (Lipinski definition) is 6. The van der Waals surface area contributed by atoms with Crippen molar-refractivity contribution in [3.8, 4) is 0 Å². The first-order chi connectivity index (χ1) is 18.2. The van der Waals surface area contributed by atoms with Crippen LogP contribution in [0.15, 0.2) is 48.6 Å². The van der Waals surface area contributed by atoms with E-state index in [9.17, 15) is 19.5 Å². The van der Waals surface area contributed by atoms with Crippen LogP contribution >= 0.6 is 11.6 Å². The highest BCUT2D eigenvalue weighted by atomic mass is 35.5. The Kier molecular flexibility index (Phi) is 7.18. The van der Waals surface area contributed by atoms with E-state index in [-0.39, 0.29) is 37.5 Å². The Morgan fingerprint density at radius 1 is 1.08 bits per heavy atom. The fourth-order valence-corrected chi connectivity index (χ4v) is 6.82. The van der Waals surface area contributed by atoms with Gasteiger partial charge in [-0.2, -0.15) is 0 Å². The molecule has 0 saturated carbocycles. The maximum Gasteiger partial charge on any atom is 0.313 e. The van der Waals surface area contributed by atoms with Crippen LogP contribution in [0.25, 0.3) is 0 Å². The maximum atomic E-state index is 14.5. The van der Waals surface area contributed by atoms with E-state index in [1.54, 1.807) is 29.2 Å². The van der Waals surface area contributed by atoms with Gasteiger partial charge in [-0.1, -0.05) is 63.1 Å². The first-order valence-electron chi connectivity index (χ1n) is 13.5. The Morgan fingerprint density at radius 3 is 2.47 bits per heavy atom. The number of anilines is 1. The zero-order valence-corrected chi connectivity index (χ0v) is 22.8. The summed E-state index contributed by atoms with van der Waals surface area (Å²) in [5, 5.41) is 11.0. The number of fused-ring (bicyclic) bond motifs is 2. The number of carbonyl (C=O) groups is 3. The van der Waals surface area contributed by atoms with Crippen LogP contribution in [0.2, 0.25) is 5.02 Å². The molecule has 8 nitrogen and oxygen atoms in total. The van der Waals surface area contributed by atoms with Gasteiger partial charge >= 0.3 is 5.97 Å². The van der Waals surface area contributed by atoms with Crippen molar-refractivity contribution < 1.29 is 29.0 Å². The summed E-state index contributed by atoms with van der Waals surface area (Å²) in [4.78, 5) is 45.6. The monoisotopic (exact) mass is 542 g/mol. The molecule has 204 valence electrons. The molecule has 9 heteroatoms. The molecule has 4 aliphatic heterocycles. The van der Waals surface area contributed by atoms with Gasteiger partial charge in [-0.25, -0.2) is 0 Å². The Balaban J connectivity index is 1.70. The van der Waals surface area contributed by atoms with Crippen molar-refractivity contribution in [3.05, 3.63) is 53.6 Å². The number of cyclic esters (lactones) is 1. The lowest BCUT2D eigenvalue weighted by Crippen LogP contribution is -2.60. The Morgan fingerprint density at radius 2 is 1.82 bits per heavy atom. The van der Waals surface area contributed by atoms with Crippen LogP contribution in [0.4, 0.5) is 5.69 Å². The van der Waals surface area contributed by atoms with Gasteiger partial charge < -0.3 is 24.4 Å². The van der Waals surface area contributed by atoms with Crippen LogP contribution in [0.1, 0.15) is 40.0 Å². The van der Waals surface area contributed by atoms with Crippen molar-refractivity contribution in [1.82, 2.24) is 4.90 Å². The van der Waals surface area contributed by atoms with Gasteiger partial charge in [-0.3, -0.25) is 14.4 Å². The van der Waals surface area contributed by atoms with E-state index in [1.807, 2.05) is 45.1 Å². The molecule has 0 aromatic heterocycles. The lowest BCUT2D eigenvalue weighted by atomic mass is 9.73. The molecule has 1 N–H and O–H groups in total. The van der Waals surface area contributed by atoms with Gasteiger partial charge in [0.25, 0.3) is 5.91 Å². The third kappa shape index (κ3) is 3.91. The van der Waals surface area contributed by atoms with Crippen molar-refractivity contribution in [3.63, 3.8) is 0 Å². The number of hydrogen-bond donors (Lipinski definition) is 1. The third-order valence-electron chi connectivity index (χ3n) is 8.82. The van der Waals surface area contributed by atoms with Crippen LogP contribution in [0.5, 0.6) is 0 Å². The van der Waals surface area contributed by atoms with Gasteiger partial charge in [0.15, 0.2) is 0 Å². The molecule has 0 bridgehead atoms. The van der Waals surface area contributed by atoms with E-state index in [2.05, 4.69) is 0 Å². The number of benzene rings is 1. The zero-order chi connectivity index (χ0) is 27.2. The Bertz CT molecular complexity index is 1170. The molecule has 1 aromatic rings. The van der Waals surface area contributed by atoms with Gasteiger partial charge in [0, 0.05) is 17.3 Å². The molecule has 1 aromatic carbocycles. The molecule has 38 heavy (non-hydrogen) atoms. The smallest absolute Gasteiger partial charge is 0.313 e. The van der Waals surface area contributed by atoms with Gasteiger partial charge in [0.05, 0.1) is 25.2 Å². The minimum atomic E-state index is -1.40. The van der Waals surface area contributed by atoms with Crippen LogP contribution in [-0.4, -0.2) is 70.8 Å². The molecule has 4 heterocycles. The molecular formula is C29H35ClN2O6. The number of rotatable bonds is 6. The molecule has 0 radical (unpaired) electrons. The van der Waals surface area contributed by atoms with E-state index in [4.69, 9.17) is 21.1 Å². The molecule has 2 saturated heterocycles. The maximum absolute atomic E-state index is 14.5. The van der Waals surface area contributed by atoms with Gasteiger partial charge in [0.1, 0.15) is 23.2 Å². The first-order valence-corrected chi connectivity index (χ1v) is 13.8. The highest BCUT2D eigenvalue weighted by Crippen LogP contribution is 2.59. The van der Waals surface area contributed by atoms with Crippen molar-refractivity contribution in [2.45, 2.75) is 63.3 Å². The molecule has 1 spiro atoms. The fourth-order valence-electron chi connectivity index (χ4n) is 6.69. The topological polar surface area (TPSA) is 96.4 Å². The second-order valence-corrected chi connectivity index (χ2v) is 11.1. The van der Waals surface area contributed by atoms with E-state index >= 15 is 0 Å². The fraction of sp³-hybridized carbons (Fsp3) is 0.552. The van der Waals surface area contributed by atoms with E-state index in [1.165, 1.54) is 4.90 Å². The van der Waals surface area contributed by atoms with Gasteiger partial charge in [-0.05, 0) is 43.0 Å². The normalized spacial score (nSPS) is 34.1. The quantitative estimate of drug-likeness (QED) is 0.436. The number of likely N-dealkylation sites (tertiary alicyclic amines) is 1. The molecule has 1 unspecified atom stereocenters. The SMILES string of the molecule is CC[C@H](C)[C@H](CO)N1C(=O)[C@@H]2[C@H]3C(=O)OCCC=C[C@@]3(CC)O[C@@]23C=CCN(c2ccc(Cl)cc2)C(=O)C13. The lowest BCUT2D eigenvalue weighted by molar-refractivity contribution is -0.162. The van der Waals surface area contributed by atoms with E-state index < -0.39 is 41.1 Å². The molecule has 5 rings (SSSR count). The third-order valence-corrected chi connectivity index (χ3v) is 9.08. The number of ether oxygens (including phenoxy) is 2. The van der Waals surface area contributed by atoms with Crippen molar-refractivity contribution in [2.75, 3.05) is 24.7 Å². The van der Waals surface area contributed by atoms with Crippen LogP contribution in [0.3, 0.4) is 0 Å². The highest BCUT2D eigenvalue weighted by molar-refractivity contribution is 6.30. The second kappa shape index (κ2) is 10.1. The molecule has 0 aliphatic carbocycles. The van der Waals surface area contributed by atoms with E-state index in [0.29, 0.717) is 30.0 Å². The minimum Gasteiger partial charge on any atom is -0.465 e. The largest absolute Gasteiger partial charge is 0.465 e. The summed E-state index contributed by atoms with van der Waals surface area (Å²) in [5.41, 5.74) is -1.85. The number of carbonyl (C=O) groups excluding carboxylic acids is 3. The summed E-state index contributed by atoms with van der Waals surface area (Å²) in [7, 11) is 0. The van der Waals surface area contributed by atoms with Crippen LogP contribution < -0.4 is 4.90 Å². The Labute approximate surface area is 228 Å². The standard InChI is InChI=1S/C29H35ClN2O6/c1-4-18(3)21(17-33)32-24-26(35)31(20-11-9-19(30)10-12-20)15-8-14-29(24)22(25(32)34)23-27(36)37-16-7-6-13-28(23,5-2)38-29/h6,8-14,18,21-24,33H,4-5,7,15-17H2,1-3H3/t18-,21-,22-,23-,24?,28+,29-/m0/s1. The van der Waals surface area contributed by atoms with Gasteiger partial charge in [0.2, 0.25) is 5.91 Å². The van der Waals surface area contributed by atoms with Gasteiger partial charge in [-0.15, -0.1) is 0 Å². The summed E-state index contributed by atoms with van der Waals surface area (Å²) in [6, 6.07) is 5.26. The lowest BCUT2D eigenvalue weighted by Gasteiger charge is -2.42. The average Bonchev–Trinajstić information content (AvgIpc) is 3.25. The van der Waals surface area contributed by atoms with Crippen molar-refractivity contribution >= 4 is 35.1 Å². The molecule has 2 fully saturated rings. The number of esters is 1. The second-order valence-electron chi connectivity index (χ2n) is 10.7. The zero-order valence-electron chi connectivity index (χ0n) is 22.0. The molecular weight excluding hydrogens is 508 g/mol. The van der Waals surface area contributed by atoms with E-state index in [0.717, 1.165) is 0 Å². The molecule has 7 atom stereocenters. The Hall–Kier alpha value is -2.68. The summed E-state index contributed by atoms with van der Waals surface area (Å²) >= 11 is 6.11. The molecule has 2 amide bonds. The highest BCUT2D eigenvalue weighted by Gasteiger charge is 2.76. The van der Waals surface area contributed by atoms with Crippen molar-refractivity contribution in [1.29, 1.82) is 0 Å². The predicted octanol–water partition coefficient (Wildman–Crippen LogP) is 3.51. The van der Waals surface area contributed by atoms with Crippen LogP contribution in [-0.2, 0) is 23.9 Å². The number of halogens is 1. The number of aliphatic hydroxyl groups is 1. The first kappa shape index (κ1) is 26.9. The number of amides is 2. The summed E-state index contributed by atoms with van der Waals surface area (Å²) in [5.74, 6) is -3.16. The summed E-state index contributed by atoms with van der Waals surface area (Å²) < 4.78 is 12.5. The minimum absolute atomic E-state index is 0.0936. The number of aliphatic hydroxyl groups excluding tert-OH is 1. The van der Waals surface area contributed by atoms with Crippen molar-refractivity contribution in [2.24, 2.45) is 17.8 Å². The average molecular weight is 543 g/mol. The molecule has 4 aliphatic rings. The summed E-state index contributed by atoms with van der Waals surface area (Å²) in [6.07, 6.45) is 9.13. The number of nitrogens with zero attached hydrogens (tertiary/aromatic N) is 2.